The van der Waals surface area contributed by atoms with E-state index < -0.39 is 5.97 Å². The number of nitrogens with one attached hydrogen (secondary N) is 1. The Hall–Kier alpha value is -1.48. The Morgan fingerprint density at radius 3 is 2.95 bits per heavy atom. The number of carbonyl (C=O) groups is 1. The van der Waals surface area contributed by atoms with E-state index in [1.54, 1.807) is 0 Å². The molecule has 1 aromatic carbocycles. The number of aliphatic carboxylic acids is 1. The number of benzene rings is 1. The minimum Gasteiger partial charge on any atom is -0.481 e. The number of halogens is 1. The van der Waals surface area contributed by atoms with Gasteiger partial charge in [-0.05, 0) is 55.7 Å². The summed E-state index contributed by atoms with van der Waals surface area (Å²) in [7, 11) is 0. The van der Waals surface area contributed by atoms with E-state index in [0.29, 0.717) is 5.92 Å². The third-order valence-electron chi connectivity index (χ3n) is 5.70. The molecule has 21 heavy (non-hydrogen) atoms. The zero-order valence-corrected chi connectivity index (χ0v) is 12.8. The first-order chi connectivity index (χ1) is 10.0. The summed E-state index contributed by atoms with van der Waals surface area (Å²) in [6.07, 6.45) is 4.53. The van der Waals surface area contributed by atoms with Gasteiger partial charge in [-0.2, -0.15) is 0 Å². The SMILES string of the molecule is Cc1c(Cl)ccc2c3c([nH]c12)[C@@]1(CC(=O)O)CC[C@H]1CC3. The molecule has 4 rings (SSSR count). The summed E-state index contributed by atoms with van der Waals surface area (Å²) >= 11 is 6.24. The van der Waals surface area contributed by atoms with Crippen molar-refractivity contribution in [2.75, 3.05) is 0 Å². The van der Waals surface area contributed by atoms with E-state index in [4.69, 9.17) is 11.6 Å². The van der Waals surface area contributed by atoms with Crippen molar-refractivity contribution in [1.82, 2.24) is 4.98 Å². The number of aryl methyl sites for hydroxylation is 2. The Balaban J connectivity index is 1.97. The molecule has 2 aliphatic carbocycles. The highest BCUT2D eigenvalue weighted by Gasteiger charge is 2.53. The molecule has 1 saturated carbocycles. The minimum absolute atomic E-state index is 0.169. The Labute approximate surface area is 128 Å². The van der Waals surface area contributed by atoms with Crippen LogP contribution in [0, 0.1) is 12.8 Å². The molecular weight excluding hydrogens is 286 g/mol. The van der Waals surface area contributed by atoms with E-state index in [-0.39, 0.29) is 11.8 Å². The van der Waals surface area contributed by atoms with Crippen LogP contribution in [0.5, 0.6) is 0 Å². The van der Waals surface area contributed by atoms with Crippen molar-refractivity contribution in [3.63, 3.8) is 0 Å². The van der Waals surface area contributed by atoms with Crippen LogP contribution < -0.4 is 0 Å². The quantitative estimate of drug-likeness (QED) is 0.873. The van der Waals surface area contributed by atoms with Crippen molar-refractivity contribution in [3.05, 3.63) is 34.0 Å². The Morgan fingerprint density at radius 1 is 1.48 bits per heavy atom. The van der Waals surface area contributed by atoms with Gasteiger partial charge in [-0.15, -0.1) is 0 Å². The van der Waals surface area contributed by atoms with Crippen molar-refractivity contribution in [2.24, 2.45) is 5.92 Å². The van der Waals surface area contributed by atoms with Gasteiger partial charge in [0, 0.05) is 21.5 Å². The van der Waals surface area contributed by atoms with Gasteiger partial charge in [-0.1, -0.05) is 17.7 Å². The van der Waals surface area contributed by atoms with Gasteiger partial charge in [0.25, 0.3) is 0 Å². The van der Waals surface area contributed by atoms with Crippen LogP contribution in [0.1, 0.15) is 42.5 Å². The molecule has 0 aliphatic heterocycles. The van der Waals surface area contributed by atoms with Crippen molar-refractivity contribution < 1.29 is 9.90 Å². The number of fused-ring (bicyclic) bond motifs is 5. The topological polar surface area (TPSA) is 53.1 Å². The van der Waals surface area contributed by atoms with Crippen LogP contribution in [0.4, 0.5) is 0 Å². The predicted octanol–water partition coefficient (Wildman–Crippen LogP) is 4.20. The zero-order chi connectivity index (χ0) is 14.8. The van der Waals surface area contributed by atoms with Crippen LogP contribution in [0.2, 0.25) is 5.02 Å². The number of H-pyrrole nitrogens is 1. The van der Waals surface area contributed by atoms with Crippen LogP contribution in [0.15, 0.2) is 12.1 Å². The van der Waals surface area contributed by atoms with Gasteiger partial charge in [-0.25, -0.2) is 0 Å². The first kappa shape index (κ1) is 13.2. The average Bonchev–Trinajstić information content (AvgIpc) is 2.78. The maximum atomic E-state index is 11.4. The summed E-state index contributed by atoms with van der Waals surface area (Å²) in [5, 5.41) is 11.3. The van der Waals surface area contributed by atoms with E-state index >= 15 is 0 Å². The van der Waals surface area contributed by atoms with Crippen molar-refractivity contribution in [2.45, 2.75) is 44.4 Å². The number of rotatable bonds is 2. The molecule has 0 bridgehead atoms. The summed E-state index contributed by atoms with van der Waals surface area (Å²) in [5.74, 6) is -0.175. The van der Waals surface area contributed by atoms with Gasteiger partial charge < -0.3 is 10.1 Å². The number of aromatic amines is 1. The number of carboxylic acids is 1. The van der Waals surface area contributed by atoms with Gasteiger partial charge in [0.05, 0.1) is 11.9 Å². The second-order valence-corrected chi connectivity index (χ2v) is 6.98. The molecule has 1 fully saturated rings. The molecule has 1 heterocycles. The molecule has 0 saturated heterocycles. The smallest absolute Gasteiger partial charge is 0.304 e. The predicted molar refractivity (Wildman–Crippen MR) is 83.0 cm³/mol. The Kier molecular flexibility index (Phi) is 2.68. The summed E-state index contributed by atoms with van der Waals surface area (Å²) in [5.41, 5.74) is 4.47. The third kappa shape index (κ3) is 1.64. The Morgan fingerprint density at radius 2 is 2.29 bits per heavy atom. The largest absolute Gasteiger partial charge is 0.481 e. The first-order valence-electron chi connectivity index (χ1n) is 7.55. The molecule has 2 aromatic rings. The van der Waals surface area contributed by atoms with E-state index in [1.807, 2.05) is 13.0 Å². The maximum Gasteiger partial charge on any atom is 0.304 e. The van der Waals surface area contributed by atoms with Crippen molar-refractivity contribution >= 4 is 28.5 Å². The van der Waals surface area contributed by atoms with Crippen LogP contribution in [-0.4, -0.2) is 16.1 Å². The maximum absolute atomic E-state index is 11.4. The number of hydrogen-bond acceptors (Lipinski definition) is 1. The molecule has 2 atom stereocenters. The number of aromatic nitrogens is 1. The van der Waals surface area contributed by atoms with E-state index in [2.05, 4.69) is 11.1 Å². The van der Waals surface area contributed by atoms with Gasteiger partial charge in [0.1, 0.15) is 0 Å². The molecule has 3 nitrogen and oxygen atoms in total. The van der Waals surface area contributed by atoms with Crippen molar-refractivity contribution in [3.8, 4) is 0 Å². The highest BCUT2D eigenvalue weighted by molar-refractivity contribution is 6.32. The zero-order valence-electron chi connectivity index (χ0n) is 12.0. The lowest BCUT2D eigenvalue weighted by molar-refractivity contribution is -0.141. The molecule has 110 valence electrons. The molecule has 2 N–H and O–H groups in total. The monoisotopic (exact) mass is 303 g/mol. The van der Waals surface area contributed by atoms with E-state index in [9.17, 15) is 9.90 Å². The summed E-state index contributed by atoms with van der Waals surface area (Å²) in [4.78, 5) is 14.9. The van der Waals surface area contributed by atoms with Gasteiger partial charge in [-0.3, -0.25) is 4.79 Å². The molecular formula is C17H18ClNO2. The lowest BCUT2D eigenvalue weighted by atomic mass is 9.52. The Bertz CT molecular complexity index is 764. The first-order valence-corrected chi connectivity index (χ1v) is 7.92. The number of carboxylic acid groups (broad SMARTS) is 1. The second-order valence-electron chi connectivity index (χ2n) is 6.57. The molecule has 1 aromatic heterocycles. The normalized spacial score (nSPS) is 27.0. The number of hydrogen-bond donors (Lipinski definition) is 2. The molecule has 4 heteroatoms. The summed E-state index contributed by atoms with van der Waals surface area (Å²) in [6, 6.07) is 4.03. The standard InChI is InChI=1S/C17H18ClNO2/c1-9-13(18)5-4-11-12-3-2-10-6-7-17(10,8-14(20)21)16(12)19-15(9)11/h4-5,10,19H,2-3,6-8H2,1H3,(H,20,21)/t10-,17-/m1/s1. The molecule has 0 spiro atoms. The molecule has 0 unspecified atom stereocenters. The minimum atomic E-state index is -0.694. The van der Waals surface area contributed by atoms with Gasteiger partial charge in [0.2, 0.25) is 0 Å². The lowest BCUT2D eigenvalue weighted by Crippen LogP contribution is -2.49. The van der Waals surface area contributed by atoms with Gasteiger partial charge in [0.15, 0.2) is 0 Å². The second kappa shape index (κ2) is 4.26. The van der Waals surface area contributed by atoms with Crippen LogP contribution in [0.25, 0.3) is 10.9 Å². The molecule has 0 radical (unpaired) electrons. The van der Waals surface area contributed by atoms with E-state index in [0.717, 1.165) is 41.8 Å². The summed E-state index contributed by atoms with van der Waals surface area (Å²) in [6.45, 7) is 2.02. The van der Waals surface area contributed by atoms with Crippen LogP contribution in [0.3, 0.4) is 0 Å². The third-order valence-corrected chi connectivity index (χ3v) is 6.11. The summed E-state index contributed by atoms with van der Waals surface area (Å²) < 4.78 is 0. The fourth-order valence-corrected chi connectivity index (χ4v) is 4.63. The highest BCUT2D eigenvalue weighted by atomic mass is 35.5. The lowest BCUT2D eigenvalue weighted by Gasteiger charge is -2.52. The van der Waals surface area contributed by atoms with Crippen LogP contribution in [-0.2, 0) is 16.6 Å². The fraction of sp³-hybridized carbons (Fsp3) is 0.471. The van der Waals surface area contributed by atoms with Crippen molar-refractivity contribution in [1.29, 1.82) is 0 Å². The molecule has 0 amide bonds. The highest BCUT2D eigenvalue weighted by Crippen LogP contribution is 2.57. The fourth-order valence-electron chi connectivity index (χ4n) is 4.47. The van der Waals surface area contributed by atoms with E-state index in [1.165, 1.54) is 16.6 Å². The average molecular weight is 304 g/mol. The molecule has 2 aliphatic rings. The van der Waals surface area contributed by atoms with Gasteiger partial charge >= 0.3 is 5.97 Å². The van der Waals surface area contributed by atoms with Crippen LogP contribution >= 0.6 is 11.6 Å².